The van der Waals surface area contributed by atoms with Gasteiger partial charge in [0.2, 0.25) is 0 Å². The van der Waals surface area contributed by atoms with Crippen LogP contribution in [0.1, 0.15) is 24.0 Å². The minimum atomic E-state index is 0.833. The van der Waals surface area contributed by atoms with E-state index in [2.05, 4.69) is 36.2 Å². The van der Waals surface area contributed by atoms with Gasteiger partial charge in [0.15, 0.2) is 0 Å². The van der Waals surface area contributed by atoms with E-state index < -0.39 is 0 Å². The molecule has 0 amide bonds. The molecule has 0 aliphatic carbocycles. The Balaban J connectivity index is 1.60. The van der Waals surface area contributed by atoms with Crippen LogP contribution in [0.5, 0.6) is 0 Å². The second-order valence-electron chi connectivity index (χ2n) is 5.99. The van der Waals surface area contributed by atoms with Crippen molar-refractivity contribution >= 4 is 11.4 Å². The number of anilines is 2. The zero-order valence-corrected chi connectivity index (χ0v) is 13.5. The number of hydrogen-bond donors (Lipinski definition) is 2. The van der Waals surface area contributed by atoms with E-state index in [1.165, 1.54) is 24.0 Å². The molecule has 0 aromatic heterocycles. The number of rotatable bonds is 8. The molecule has 3 nitrogen and oxygen atoms in total. The first kappa shape index (κ1) is 16.4. The molecule has 0 saturated heterocycles. The molecule has 0 saturated carbocycles. The Kier molecular flexibility index (Phi) is 6.28. The van der Waals surface area contributed by atoms with Gasteiger partial charge in [-0.05, 0) is 74.7 Å². The molecule has 0 atom stereocenters. The highest BCUT2D eigenvalue weighted by molar-refractivity contribution is 5.39. The van der Waals surface area contributed by atoms with Crippen molar-refractivity contribution in [2.24, 2.45) is 0 Å². The number of nitrogens with two attached hydrogens (primary N) is 2. The van der Waals surface area contributed by atoms with Crippen molar-refractivity contribution in [1.82, 2.24) is 4.90 Å². The van der Waals surface area contributed by atoms with E-state index in [0.717, 1.165) is 37.3 Å². The van der Waals surface area contributed by atoms with Crippen LogP contribution in [-0.2, 0) is 12.8 Å². The summed E-state index contributed by atoms with van der Waals surface area (Å²) >= 11 is 0. The third kappa shape index (κ3) is 5.78. The Labute approximate surface area is 133 Å². The van der Waals surface area contributed by atoms with Crippen LogP contribution < -0.4 is 11.5 Å². The lowest BCUT2D eigenvalue weighted by molar-refractivity contribution is 0.330. The maximum atomic E-state index is 5.70. The fourth-order valence-electron chi connectivity index (χ4n) is 2.51. The SMILES string of the molecule is CN(CCCCc1ccc(N)cc1)CCc1ccc(N)cc1. The van der Waals surface area contributed by atoms with Crippen LogP contribution in [0.15, 0.2) is 48.5 Å². The highest BCUT2D eigenvalue weighted by atomic mass is 15.1. The van der Waals surface area contributed by atoms with Crippen LogP contribution in [0, 0.1) is 0 Å². The van der Waals surface area contributed by atoms with Gasteiger partial charge in [-0.1, -0.05) is 24.3 Å². The molecule has 3 heteroatoms. The summed E-state index contributed by atoms with van der Waals surface area (Å²) < 4.78 is 0. The van der Waals surface area contributed by atoms with Crippen LogP contribution in [0.2, 0.25) is 0 Å². The Bertz CT molecular complexity index is 546. The van der Waals surface area contributed by atoms with Crippen molar-refractivity contribution in [1.29, 1.82) is 0 Å². The summed E-state index contributed by atoms with van der Waals surface area (Å²) in [6.45, 7) is 2.23. The molecule has 0 unspecified atom stereocenters. The summed E-state index contributed by atoms with van der Waals surface area (Å²) in [4.78, 5) is 2.40. The lowest BCUT2D eigenvalue weighted by atomic mass is 10.1. The highest BCUT2D eigenvalue weighted by Gasteiger charge is 2.00. The van der Waals surface area contributed by atoms with Crippen LogP contribution in [0.4, 0.5) is 11.4 Å². The summed E-state index contributed by atoms with van der Waals surface area (Å²) in [6.07, 6.45) is 4.65. The first-order valence-corrected chi connectivity index (χ1v) is 8.01. The molecule has 0 aliphatic rings. The zero-order chi connectivity index (χ0) is 15.8. The monoisotopic (exact) mass is 297 g/mol. The Morgan fingerprint density at radius 2 is 1.18 bits per heavy atom. The molecule has 0 heterocycles. The first-order chi connectivity index (χ1) is 10.6. The molecule has 2 rings (SSSR count). The summed E-state index contributed by atoms with van der Waals surface area (Å²) in [5.74, 6) is 0. The van der Waals surface area contributed by atoms with Crippen LogP contribution >= 0.6 is 0 Å². The third-order valence-electron chi connectivity index (χ3n) is 4.00. The third-order valence-corrected chi connectivity index (χ3v) is 4.00. The molecule has 0 fully saturated rings. The first-order valence-electron chi connectivity index (χ1n) is 8.01. The van der Waals surface area contributed by atoms with Crippen molar-refractivity contribution in [3.8, 4) is 0 Å². The van der Waals surface area contributed by atoms with E-state index in [-0.39, 0.29) is 0 Å². The van der Waals surface area contributed by atoms with Crippen molar-refractivity contribution in [2.45, 2.75) is 25.7 Å². The van der Waals surface area contributed by atoms with Gasteiger partial charge in [0.1, 0.15) is 0 Å². The minimum absolute atomic E-state index is 0.833. The molecule has 2 aromatic carbocycles. The number of likely N-dealkylation sites (N-methyl/N-ethyl adjacent to an activating group) is 1. The van der Waals surface area contributed by atoms with Gasteiger partial charge in [-0.3, -0.25) is 0 Å². The molecule has 0 radical (unpaired) electrons. The molecule has 118 valence electrons. The number of unbranched alkanes of at least 4 members (excludes halogenated alkanes) is 1. The largest absolute Gasteiger partial charge is 0.399 e. The van der Waals surface area contributed by atoms with Gasteiger partial charge in [0.05, 0.1) is 0 Å². The number of nitrogen functional groups attached to an aromatic ring is 2. The van der Waals surface area contributed by atoms with Gasteiger partial charge >= 0.3 is 0 Å². The normalized spacial score (nSPS) is 11.0. The molecular formula is C19H27N3. The molecule has 0 spiro atoms. The number of nitrogens with zero attached hydrogens (tertiary/aromatic N) is 1. The molecule has 0 aliphatic heterocycles. The maximum Gasteiger partial charge on any atom is 0.0314 e. The average molecular weight is 297 g/mol. The lowest BCUT2D eigenvalue weighted by Gasteiger charge is -2.16. The molecule has 22 heavy (non-hydrogen) atoms. The van der Waals surface area contributed by atoms with Crippen molar-refractivity contribution in [3.63, 3.8) is 0 Å². The van der Waals surface area contributed by atoms with Gasteiger partial charge in [-0.25, -0.2) is 0 Å². The second kappa shape index (κ2) is 8.44. The van der Waals surface area contributed by atoms with Crippen LogP contribution in [0.3, 0.4) is 0 Å². The van der Waals surface area contributed by atoms with Gasteiger partial charge < -0.3 is 16.4 Å². The van der Waals surface area contributed by atoms with E-state index in [9.17, 15) is 0 Å². The van der Waals surface area contributed by atoms with E-state index in [4.69, 9.17) is 11.5 Å². The second-order valence-corrected chi connectivity index (χ2v) is 5.99. The molecular weight excluding hydrogens is 270 g/mol. The molecule has 0 bridgehead atoms. The van der Waals surface area contributed by atoms with E-state index >= 15 is 0 Å². The van der Waals surface area contributed by atoms with Crippen molar-refractivity contribution in [2.75, 3.05) is 31.6 Å². The van der Waals surface area contributed by atoms with Gasteiger partial charge in [0, 0.05) is 17.9 Å². The van der Waals surface area contributed by atoms with Crippen LogP contribution in [0.25, 0.3) is 0 Å². The highest BCUT2D eigenvalue weighted by Crippen LogP contribution is 2.10. The number of aryl methyl sites for hydroxylation is 1. The smallest absolute Gasteiger partial charge is 0.0314 e. The number of benzene rings is 2. The summed E-state index contributed by atoms with van der Waals surface area (Å²) in [5.41, 5.74) is 15.8. The van der Waals surface area contributed by atoms with Crippen LogP contribution in [-0.4, -0.2) is 25.0 Å². The van der Waals surface area contributed by atoms with Gasteiger partial charge in [0.25, 0.3) is 0 Å². The Morgan fingerprint density at radius 1 is 0.682 bits per heavy atom. The average Bonchev–Trinajstić information content (AvgIpc) is 2.53. The predicted octanol–water partition coefficient (Wildman–Crippen LogP) is 3.35. The lowest BCUT2D eigenvalue weighted by Crippen LogP contribution is -2.22. The minimum Gasteiger partial charge on any atom is -0.399 e. The quantitative estimate of drug-likeness (QED) is 0.580. The van der Waals surface area contributed by atoms with E-state index in [0.29, 0.717) is 0 Å². The fourth-order valence-corrected chi connectivity index (χ4v) is 2.51. The predicted molar refractivity (Wildman–Crippen MR) is 95.8 cm³/mol. The van der Waals surface area contributed by atoms with Gasteiger partial charge in [-0.15, -0.1) is 0 Å². The molecule has 4 N–H and O–H groups in total. The fraction of sp³-hybridized carbons (Fsp3) is 0.368. The Morgan fingerprint density at radius 3 is 1.73 bits per heavy atom. The standard InChI is InChI=1S/C19H27N3/c1-22(15-13-17-7-11-19(21)12-8-17)14-3-2-4-16-5-9-18(20)10-6-16/h5-12H,2-4,13-15,20-21H2,1H3. The topological polar surface area (TPSA) is 55.3 Å². The zero-order valence-electron chi connectivity index (χ0n) is 13.5. The van der Waals surface area contributed by atoms with Crippen molar-refractivity contribution < 1.29 is 0 Å². The number of hydrogen-bond acceptors (Lipinski definition) is 3. The van der Waals surface area contributed by atoms with E-state index in [1.807, 2.05) is 24.3 Å². The van der Waals surface area contributed by atoms with Crippen molar-refractivity contribution in [3.05, 3.63) is 59.7 Å². The van der Waals surface area contributed by atoms with Gasteiger partial charge in [-0.2, -0.15) is 0 Å². The summed E-state index contributed by atoms with van der Waals surface area (Å²) in [6, 6.07) is 16.4. The summed E-state index contributed by atoms with van der Waals surface area (Å²) in [5, 5.41) is 0. The summed E-state index contributed by atoms with van der Waals surface area (Å²) in [7, 11) is 2.19. The maximum absolute atomic E-state index is 5.70. The molecule has 2 aromatic rings. The van der Waals surface area contributed by atoms with E-state index in [1.54, 1.807) is 0 Å². The Hall–Kier alpha value is -2.00.